The molecule has 1 unspecified atom stereocenters. The van der Waals surface area contributed by atoms with Gasteiger partial charge in [0.1, 0.15) is 29.8 Å². The maximum Gasteiger partial charge on any atom is 0.261 e. The SMILES string of the molecule is Cc1cc(Cl)ccc1OCC(O)CNc1cc[nH]c(=O)c1-c1nc2cc3c(cc2[nH]1)C(=O)N(C1CCN(C)CC1)C3=O. The number of aliphatic hydroxyl groups is 1. The summed E-state index contributed by atoms with van der Waals surface area (Å²) in [6, 6.07) is 10.1. The second kappa shape index (κ2) is 11.2. The van der Waals surface area contributed by atoms with Gasteiger partial charge in [-0.15, -0.1) is 0 Å². The number of fused-ring (bicyclic) bond motifs is 2. The highest BCUT2D eigenvalue weighted by atomic mass is 35.5. The van der Waals surface area contributed by atoms with Crippen LogP contribution >= 0.6 is 11.6 Å². The number of aromatic amines is 2. The number of carbonyl (C=O) groups excluding carboxylic acids is 2. The number of ether oxygens (including phenoxy) is 1. The first-order chi connectivity index (χ1) is 20.2. The minimum absolute atomic E-state index is 0.0286. The minimum Gasteiger partial charge on any atom is -0.491 e. The third kappa shape index (κ3) is 5.26. The fourth-order valence-electron chi connectivity index (χ4n) is 5.57. The van der Waals surface area contributed by atoms with E-state index >= 15 is 0 Å². The molecule has 2 aliphatic heterocycles. The molecule has 0 spiro atoms. The number of nitrogens with one attached hydrogen (secondary N) is 3. The van der Waals surface area contributed by atoms with Gasteiger partial charge in [-0.25, -0.2) is 4.98 Å². The van der Waals surface area contributed by atoms with Gasteiger partial charge in [0.25, 0.3) is 17.4 Å². The van der Waals surface area contributed by atoms with Gasteiger partial charge in [0.15, 0.2) is 0 Å². The Hall–Kier alpha value is -4.19. The first kappa shape index (κ1) is 28.0. The molecule has 11 nitrogen and oxygen atoms in total. The Morgan fingerprint density at radius 2 is 1.86 bits per heavy atom. The Morgan fingerprint density at radius 1 is 1.12 bits per heavy atom. The average molecular weight is 591 g/mol. The molecule has 1 atom stereocenters. The van der Waals surface area contributed by atoms with Gasteiger partial charge in [-0.2, -0.15) is 0 Å². The standard InChI is InChI=1S/C30H31ClN6O5/c1-16-11-17(31)3-4-25(16)42-15-19(38)14-33-22-5-8-32-28(39)26(22)27-34-23-12-20-21(13-24(23)35-27)30(41)37(29(20)40)18-6-9-36(2)10-7-18/h3-5,8,11-13,18-19,38H,6-7,9-10,14-15H2,1-2H3,(H,34,35)(H2,32,33,39). The number of hydrogen-bond acceptors (Lipinski definition) is 8. The summed E-state index contributed by atoms with van der Waals surface area (Å²) < 4.78 is 5.73. The number of aliphatic hydroxyl groups excluding tert-OH is 1. The molecule has 218 valence electrons. The third-order valence-corrected chi connectivity index (χ3v) is 8.10. The molecule has 12 heteroatoms. The van der Waals surface area contributed by atoms with Crippen LogP contribution in [0.1, 0.15) is 39.1 Å². The lowest BCUT2D eigenvalue weighted by molar-refractivity contribution is 0.0516. The van der Waals surface area contributed by atoms with Crippen molar-refractivity contribution in [2.24, 2.45) is 0 Å². The maximum atomic E-state index is 13.3. The first-order valence-corrected chi connectivity index (χ1v) is 14.2. The zero-order valence-corrected chi connectivity index (χ0v) is 24.0. The highest BCUT2D eigenvalue weighted by Crippen LogP contribution is 2.32. The van der Waals surface area contributed by atoms with Gasteiger partial charge in [-0.3, -0.25) is 19.3 Å². The van der Waals surface area contributed by atoms with Crippen molar-refractivity contribution >= 4 is 40.1 Å². The summed E-state index contributed by atoms with van der Waals surface area (Å²) in [6.45, 7) is 3.66. The zero-order valence-electron chi connectivity index (χ0n) is 23.2. The summed E-state index contributed by atoms with van der Waals surface area (Å²) in [5.74, 6) is 0.289. The van der Waals surface area contributed by atoms with Crippen LogP contribution in [0.25, 0.3) is 22.4 Å². The highest BCUT2D eigenvalue weighted by molar-refractivity contribution is 6.30. The number of imide groups is 1. The van der Waals surface area contributed by atoms with E-state index in [2.05, 4.69) is 25.2 Å². The number of H-pyrrole nitrogens is 2. The van der Waals surface area contributed by atoms with Gasteiger partial charge < -0.3 is 30.0 Å². The molecular formula is C30H31ClN6O5. The Labute approximate surface area is 246 Å². The fraction of sp³-hybridized carbons (Fsp3) is 0.333. The molecule has 0 radical (unpaired) electrons. The summed E-state index contributed by atoms with van der Waals surface area (Å²) in [7, 11) is 2.03. The monoisotopic (exact) mass is 590 g/mol. The van der Waals surface area contributed by atoms with Crippen LogP contribution in [0.15, 0.2) is 47.4 Å². The van der Waals surface area contributed by atoms with Gasteiger partial charge in [0.05, 0.1) is 27.8 Å². The van der Waals surface area contributed by atoms with Crippen LogP contribution in [0.2, 0.25) is 5.02 Å². The van der Waals surface area contributed by atoms with Gasteiger partial charge in [-0.05, 0) is 81.9 Å². The maximum absolute atomic E-state index is 13.3. The van der Waals surface area contributed by atoms with Gasteiger partial charge in [0.2, 0.25) is 0 Å². The largest absolute Gasteiger partial charge is 0.491 e. The Bertz CT molecular complexity index is 1690. The van der Waals surface area contributed by atoms with Crippen LogP contribution in [0, 0.1) is 6.92 Å². The molecule has 0 aliphatic carbocycles. The molecule has 1 fully saturated rings. The lowest BCUT2D eigenvalue weighted by Crippen LogP contribution is -2.46. The number of amides is 2. The number of aromatic nitrogens is 3. The molecule has 0 bridgehead atoms. The van der Waals surface area contributed by atoms with Crippen molar-refractivity contribution in [1.82, 2.24) is 24.8 Å². The molecule has 6 rings (SSSR count). The molecule has 2 aliphatic rings. The number of likely N-dealkylation sites (tertiary alicyclic amines) is 1. The molecule has 4 N–H and O–H groups in total. The van der Waals surface area contributed by atoms with Crippen molar-refractivity contribution < 1.29 is 19.4 Å². The molecule has 4 heterocycles. The summed E-state index contributed by atoms with van der Waals surface area (Å²) in [5.41, 5.74) is 2.81. The Kier molecular flexibility index (Phi) is 7.48. The molecule has 0 saturated carbocycles. The van der Waals surface area contributed by atoms with E-state index in [0.29, 0.717) is 38.6 Å². The lowest BCUT2D eigenvalue weighted by atomic mass is 10.0. The number of imidazole rings is 1. The van der Waals surface area contributed by atoms with Crippen LogP contribution in [-0.2, 0) is 0 Å². The predicted molar refractivity (Wildman–Crippen MR) is 159 cm³/mol. The molecule has 2 amide bonds. The Morgan fingerprint density at radius 3 is 2.60 bits per heavy atom. The second-order valence-corrected chi connectivity index (χ2v) is 11.3. The van der Waals surface area contributed by atoms with Crippen molar-refractivity contribution in [1.29, 1.82) is 0 Å². The van der Waals surface area contributed by atoms with Gasteiger partial charge in [0, 0.05) is 23.8 Å². The summed E-state index contributed by atoms with van der Waals surface area (Å²) in [5, 5.41) is 14.3. The number of aryl methyl sites for hydroxylation is 1. The van der Waals surface area contributed by atoms with E-state index < -0.39 is 11.7 Å². The molecule has 42 heavy (non-hydrogen) atoms. The van der Waals surface area contributed by atoms with Crippen LogP contribution in [-0.4, -0.2) is 87.1 Å². The van der Waals surface area contributed by atoms with Crippen molar-refractivity contribution in [3.63, 3.8) is 0 Å². The third-order valence-electron chi connectivity index (χ3n) is 7.87. The number of hydrogen-bond donors (Lipinski definition) is 4. The van der Waals surface area contributed by atoms with E-state index in [-0.39, 0.29) is 42.4 Å². The minimum atomic E-state index is -0.879. The number of rotatable bonds is 8. The van der Waals surface area contributed by atoms with Crippen molar-refractivity contribution in [2.45, 2.75) is 31.9 Å². The van der Waals surface area contributed by atoms with E-state index in [1.54, 1.807) is 36.4 Å². The summed E-state index contributed by atoms with van der Waals surface area (Å²) >= 11 is 5.99. The number of pyridine rings is 1. The van der Waals surface area contributed by atoms with Gasteiger partial charge >= 0.3 is 0 Å². The molecule has 1 saturated heterocycles. The van der Waals surface area contributed by atoms with Crippen LogP contribution in [0.5, 0.6) is 5.75 Å². The van der Waals surface area contributed by atoms with E-state index in [1.165, 1.54) is 11.1 Å². The summed E-state index contributed by atoms with van der Waals surface area (Å²) in [4.78, 5) is 53.5. The predicted octanol–water partition coefficient (Wildman–Crippen LogP) is 3.42. The average Bonchev–Trinajstić information content (AvgIpc) is 3.48. The topological polar surface area (TPSA) is 144 Å². The number of anilines is 1. The summed E-state index contributed by atoms with van der Waals surface area (Å²) in [6.07, 6.45) is 2.11. The molecular weight excluding hydrogens is 560 g/mol. The number of piperidine rings is 1. The van der Waals surface area contributed by atoms with Crippen molar-refractivity contribution in [3.05, 3.63) is 74.7 Å². The molecule has 4 aromatic rings. The first-order valence-electron chi connectivity index (χ1n) is 13.8. The number of halogens is 1. The fourth-order valence-corrected chi connectivity index (χ4v) is 5.80. The van der Waals surface area contributed by atoms with Gasteiger partial charge in [-0.1, -0.05) is 11.6 Å². The van der Waals surface area contributed by atoms with E-state index in [1.807, 2.05) is 14.0 Å². The van der Waals surface area contributed by atoms with E-state index in [0.717, 1.165) is 31.5 Å². The quantitative estimate of drug-likeness (QED) is 0.229. The van der Waals surface area contributed by atoms with Crippen LogP contribution in [0.3, 0.4) is 0 Å². The normalized spacial score (nSPS) is 16.7. The number of nitrogens with zero attached hydrogens (tertiary/aromatic N) is 3. The van der Waals surface area contributed by atoms with Crippen molar-refractivity contribution in [2.75, 3.05) is 38.6 Å². The van der Waals surface area contributed by atoms with Crippen LogP contribution in [0.4, 0.5) is 5.69 Å². The highest BCUT2D eigenvalue weighted by Gasteiger charge is 2.41. The van der Waals surface area contributed by atoms with E-state index in [9.17, 15) is 19.5 Å². The number of carbonyl (C=O) groups is 2. The second-order valence-electron chi connectivity index (χ2n) is 10.9. The van der Waals surface area contributed by atoms with Crippen LogP contribution < -0.4 is 15.6 Å². The lowest BCUT2D eigenvalue weighted by Gasteiger charge is -2.33. The smallest absolute Gasteiger partial charge is 0.261 e. The van der Waals surface area contributed by atoms with E-state index in [4.69, 9.17) is 16.3 Å². The molecule has 2 aromatic carbocycles. The Balaban J connectivity index is 1.20. The van der Waals surface area contributed by atoms with Crippen molar-refractivity contribution in [3.8, 4) is 17.1 Å². The number of benzene rings is 2. The zero-order chi connectivity index (χ0) is 29.5. The molecule has 2 aromatic heterocycles.